The van der Waals surface area contributed by atoms with Crippen LogP contribution in [0.2, 0.25) is 0 Å². The van der Waals surface area contributed by atoms with Gasteiger partial charge in [-0.25, -0.2) is 0 Å². The number of carbonyl (C=O) groups is 1. The van der Waals surface area contributed by atoms with Gasteiger partial charge in [-0.3, -0.25) is 4.79 Å². The highest BCUT2D eigenvalue weighted by Crippen LogP contribution is 2.09. The smallest absolute Gasteiger partial charge is 0.226 e. The number of hydrogen-bond acceptors (Lipinski definition) is 3. The number of thiophene rings is 1. The largest absolute Gasteiger partial charge is 0.338 e. The molecular weight excluding hydrogens is 196 g/mol. The Morgan fingerprint density at radius 1 is 1.71 bits per heavy atom. The van der Waals surface area contributed by atoms with Gasteiger partial charge in [-0.1, -0.05) is 6.07 Å². The number of rotatable bonds is 3. The van der Waals surface area contributed by atoms with Gasteiger partial charge >= 0.3 is 0 Å². The number of nitrogens with one attached hydrogen (secondary N) is 1. The van der Waals surface area contributed by atoms with Crippen LogP contribution in [0, 0.1) is 11.3 Å². The van der Waals surface area contributed by atoms with Crippen molar-refractivity contribution in [2.24, 2.45) is 0 Å². The van der Waals surface area contributed by atoms with Crippen LogP contribution in [-0.4, -0.2) is 11.4 Å². The summed E-state index contributed by atoms with van der Waals surface area (Å²) in [6, 6.07) is 5.84. The standard InChI is InChI=1S/C10H12N2OS/c1-10(2,7-11)12-9(13)6-8-4-3-5-14-8/h3-5H,6H2,1-2H3,(H,12,13). The van der Waals surface area contributed by atoms with Gasteiger partial charge in [0.05, 0.1) is 12.5 Å². The predicted octanol–water partition coefficient (Wildman–Crippen LogP) is 1.71. The zero-order valence-electron chi connectivity index (χ0n) is 8.20. The summed E-state index contributed by atoms with van der Waals surface area (Å²) in [6.07, 6.45) is 0.350. The van der Waals surface area contributed by atoms with Gasteiger partial charge in [0.1, 0.15) is 5.54 Å². The summed E-state index contributed by atoms with van der Waals surface area (Å²) in [5.41, 5.74) is -0.783. The van der Waals surface area contributed by atoms with E-state index in [1.54, 1.807) is 25.2 Å². The Balaban J connectivity index is 2.49. The number of hydrogen-bond donors (Lipinski definition) is 1. The lowest BCUT2D eigenvalue weighted by Gasteiger charge is -2.16. The lowest BCUT2D eigenvalue weighted by atomic mass is 10.1. The Labute approximate surface area is 87.4 Å². The van der Waals surface area contributed by atoms with Crippen molar-refractivity contribution >= 4 is 17.2 Å². The SMILES string of the molecule is CC(C)(C#N)NC(=O)Cc1cccs1. The summed E-state index contributed by atoms with van der Waals surface area (Å²) >= 11 is 1.54. The molecule has 1 heterocycles. The van der Waals surface area contributed by atoms with Crippen molar-refractivity contribution in [3.63, 3.8) is 0 Å². The van der Waals surface area contributed by atoms with Crippen molar-refractivity contribution in [3.05, 3.63) is 22.4 Å². The second-order valence-corrected chi connectivity index (χ2v) is 4.57. The van der Waals surface area contributed by atoms with Crippen molar-refractivity contribution in [1.29, 1.82) is 5.26 Å². The van der Waals surface area contributed by atoms with Gasteiger partial charge in [-0.05, 0) is 25.3 Å². The molecule has 1 amide bonds. The van der Waals surface area contributed by atoms with Crippen molar-refractivity contribution in [1.82, 2.24) is 5.32 Å². The summed E-state index contributed by atoms with van der Waals surface area (Å²) in [5, 5.41) is 13.3. The van der Waals surface area contributed by atoms with Gasteiger partial charge in [0.25, 0.3) is 0 Å². The van der Waals surface area contributed by atoms with Crippen LogP contribution < -0.4 is 5.32 Å². The maximum absolute atomic E-state index is 11.4. The Morgan fingerprint density at radius 3 is 2.93 bits per heavy atom. The van der Waals surface area contributed by atoms with Gasteiger partial charge in [0.2, 0.25) is 5.91 Å². The molecule has 4 heteroatoms. The second-order valence-electron chi connectivity index (χ2n) is 3.54. The lowest BCUT2D eigenvalue weighted by molar-refractivity contribution is -0.121. The Hall–Kier alpha value is -1.34. The molecule has 1 N–H and O–H groups in total. The molecule has 0 unspecified atom stereocenters. The Morgan fingerprint density at radius 2 is 2.43 bits per heavy atom. The van der Waals surface area contributed by atoms with Gasteiger partial charge in [0.15, 0.2) is 0 Å². The van der Waals surface area contributed by atoms with Crippen LogP contribution in [0.4, 0.5) is 0 Å². The monoisotopic (exact) mass is 208 g/mol. The van der Waals surface area contributed by atoms with Crippen molar-refractivity contribution in [2.75, 3.05) is 0 Å². The second kappa shape index (κ2) is 4.25. The third-order valence-electron chi connectivity index (χ3n) is 1.65. The van der Waals surface area contributed by atoms with E-state index in [9.17, 15) is 4.79 Å². The predicted molar refractivity (Wildman–Crippen MR) is 55.9 cm³/mol. The highest BCUT2D eigenvalue weighted by molar-refractivity contribution is 7.10. The maximum Gasteiger partial charge on any atom is 0.226 e. The molecular formula is C10H12N2OS. The third kappa shape index (κ3) is 3.19. The van der Waals surface area contributed by atoms with E-state index in [1.165, 1.54) is 0 Å². The van der Waals surface area contributed by atoms with Crippen molar-refractivity contribution < 1.29 is 4.79 Å². The normalized spacial score (nSPS) is 10.6. The fraction of sp³-hybridized carbons (Fsp3) is 0.400. The van der Waals surface area contributed by atoms with Crippen LogP contribution in [0.1, 0.15) is 18.7 Å². The molecule has 14 heavy (non-hydrogen) atoms. The molecule has 3 nitrogen and oxygen atoms in total. The average Bonchev–Trinajstić information content (AvgIpc) is 2.55. The van der Waals surface area contributed by atoms with Crippen LogP contribution in [0.15, 0.2) is 17.5 Å². The van der Waals surface area contributed by atoms with E-state index in [1.807, 2.05) is 23.6 Å². The summed E-state index contributed by atoms with van der Waals surface area (Å²) in [5.74, 6) is -0.112. The van der Waals surface area contributed by atoms with E-state index in [-0.39, 0.29) is 5.91 Å². The minimum atomic E-state index is -0.783. The number of nitrogens with zero attached hydrogens (tertiary/aromatic N) is 1. The molecule has 1 rings (SSSR count). The van der Waals surface area contributed by atoms with E-state index in [0.29, 0.717) is 6.42 Å². The van der Waals surface area contributed by atoms with Gasteiger partial charge in [-0.15, -0.1) is 11.3 Å². The van der Waals surface area contributed by atoms with Gasteiger partial charge < -0.3 is 5.32 Å². The molecule has 0 spiro atoms. The molecule has 0 aliphatic carbocycles. The summed E-state index contributed by atoms with van der Waals surface area (Å²) in [6.45, 7) is 3.36. The molecule has 0 saturated carbocycles. The Bertz CT molecular complexity index is 349. The van der Waals surface area contributed by atoms with E-state index in [4.69, 9.17) is 5.26 Å². The van der Waals surface area contributed by atoms with Crippen LogP contribution >= 0.6 is 11.3 Å². The van der Waals surface area contributed by atoms with Crippen LogP contribution in [0.5, 0.6) is 0 Å². The molecule has 0 aliphatic heterocycles. The molecule has 0 atom stereocenters. The zero-order valence-corrected chi connectivity index (χ0v) is 9.02. The highest BCUT2D eigenvalue weighted by atomic mass is 32.1. The molecule has 1 aromatic heterocycles. The first-order valence-corrected chi connectivity index (χ1v) is 5.16. The summed E-state index contributed by atoms with van der Waals surface area (Å²) in [4.78, 5) is 12.4. The fourth-order valence-corrected chi connectivity index (χ4v) is 1.70. The fourth-order valence-electron chi connectivity index (χ4n) is 0.992. The molecule has 0 fully saturated rings. The van der Waals surface area contributed by atoms with Crippen LogP contribution in [0.3, 0.4) is 0 Å². The molecule has 74 valence electrons. The Kier molecular flexibility index (Phi) is 3.26. The topological polar surface area (TPSA) is 52.9 Å². The lowest BCUT2D eigenvalue weighted by Crippen LogP contribution is -2.42. The first-order chi connectivity index (χ1) is 6.53. The van der Waals surface area contributed by atoms with E-state index in [0.717, 1.165) is 4.88 Å². The minimum absolute atomic E-state index is 0.112. The van der Waals surface area contributed by atoms with Crippen molar-refractivity contribution in [3.8, 4) is 6.07 Å². The number of amides is 1. The average molecular weight is 208 g/mol. The summed E-state index contributed by atoms with van der Waals surface area (Å²) < 4.78 is 0. The number of nitriles is 1. The highest BCUT2D eigenvalue weighted by Gasteiger charge is 2.19. The van der Waals surface area contributed by atoms with E-state index in [2.05, 4.69) is 5.32 Å². The minimum Gasteiger partial charge on any atom is -0.338 e. The first-order valence-electron chi connectivity index (χ1n) is 4.28. The maximum atomic E-state index is 11.4. The van der Waals surface area contributed by atoms with Gasteiger partial charge in [-0.2, -0.15) is 5.26 Å². The molecule has 0 aromatic carbocycles. The third-order valence-corrected chi connectivity index (χ3v) is 2.52. The molecule has 0 saturated heterocycles. The quantitative estimate of drug-likeness (QED) is 0.822. The number of carbonyl (C=O) groups excluding carboxylic acids is 1. The first kappa shape index (κ1) is 10.7. The molecule has 1 aromatic rings. The molecule has 0 aliphatic rings. The van der Waals surface area contributed by atoms with Crippen LogP contribution in [0.25, 0.3) is 0 Å². The van der Waals surface area contributed by atoms with Crippen LogP contribution in [-0.2, 0) is 11.2 Å². The van der Waals surface area contributed by atoms with Crippen molar-refractivity contribution in [2.45, 2.75) is 25.8 Å². The van der Waals surface area contributed by atoms with Gasteiger partial charge in [0, 0.05) is 4.88 Å². The molecule has 0 radical (unpaired) electrons. The zero-order chi connectivity index (χ0) is 10.6. The van der Waals surface area contributed by atoms with E-state index < -0.39 is 5.54 Å². The molecule has 0 bridgehead atoms. The van der Waals surface area contributed by atoms with E-state index >= 15 is 0 Å². The summed E-state index contributed by atoms with van der Waals surface area (Å²) in [7, 11) is 0.